The molecule has 1 aliphatic rings. The first-order chi connectivity index (χ1) is 5.79. The molecule has 1 saturated carbocycles. The average molecular weight is 183 g/mol. The Hall–Kier alpha value is -0.480. The van der Waals surface area contributed by atoms with Crippen molar-refractivity contribution < 1.29 is 0 Å². The fourth-order valence-electron chi connectivity index (χ4n) is 1.88. The molecule has 1 heterocycles. The minimum absolute atomic E-state index is 0.0236. The monoisotopic (exact) mass is 183 g/mol. The van der Waals surface area contributed by atoms with E-state index in [0.717, 1.165) is 25.0 Å². The summed E-state index contributed by atoms with van der Waals surface area (Å²) < 4.78 is 3.83. The molecular weight excluding hydrogens is 170 g/mol. The Labute approximate surface area is 76.1 Å². The summed E-state index contributed by atoms with van der Waals surface area (Å²) in [5.74, 6) is 0. The van der Waals surface area contributed by atoms with Gasteiger partial charge in [-0.2, -0.15) is 0 Å². The van der Waals surface area contributed by atoms with E-state index < -0.39 is 0 Å². The molecule has 0 saturated heterocycles. The zero-order valence-electron chi connectivity index (χ0n) is 6.99. The summed E-state index contributed by atoms with van der Waals surface area (Å²) in [4.78, 5) is 0. The van der Waals surface area contributed by atoms with Crippen LogP contribution in [0.3, 0.4) is 0 Å². The molecule has 0 aliphatic heterocycles. The second-order valence-corrected chi connectivity index (χ2v) is 4.25. The van der Waals surface area contributed by atoms with Crippen molar-refractivity contribution in [2.24, 2.45) is 5.73 Å². The van der Waals surface area contributed by atoms with Crippen molar-refractivity contribution in [1.29, 1.82) is 0 Å². The standard InChI is InChI=1S/C8H13N3S/c9-8(3-1-2-4-8)5-7-6-12-11-10-7/h6H,1-5,9H2. The lowest BCUT2D eigenvalue weighted by molar-refractivity contribution is 0.431. The summed E-state index contributed by atoms with van der Waals surface area (Å²) in [7, 11) is 0. The molecule has 3 nitrogen and oxygen atoms in total. The van der Waals surface area contributed by atoms with Crippen LogP contribution in [0.1, 0.15) is 31.4 Å². The highest BCUT2D eigenvalue weighted by Gasteiger charge is 2.29. The summed E-state index contributed by atoms with van der Waals surface area (Å²) in [5, 5.41) is 6.01. The van der Waals surface area contributed by atoms with Gasteiger partial charge in [0.15, 0.2) is 0 Å². The Morgan fingerprint density at radius 2 is 2.25 bits per heavy atom. The van der Waals surface area contributed by atoms with Crippen molar-refractivity contribution in [2.75, 3.05) is 0 Å². The molecule has 0 amide bonds. The summed E-state index contributed by atoms with van der Waals surface area (Å²) in [6.07, 6.45) is 5.74. The number of nitrogens with zero attached hydrogens (tertiary/aromatic N) is 2. The van der Waals surface area contributed by atoms with Gasteiger partial charge in [0, 0.05) is 17.3 Å². The summed E-state index contributed by atoms with van der Waals surface area (Å²) in [5.41, 5.74) is 7.27. The van der Waals surface area contributed by atoms with Gasteiger partial charge in [0.1, 0.15) is 0 Å². The molecule has 0 radical (unpaired) electrons. The summed E-state index contributed by atoms with van der Waals surface area (Å²) in [6.45, 7) is 0. The van der Waals surface area contributed by atoms with Gasteiger partial charge in [-0.3, -0.25) is 0 Å². The van der Waals surface area contributed by atoms with E-state index in [-0.39, 0.29) is 5.54 Å². The molecule has 12 heavy (non-hydrogen) atoms. The van der Waals surface area contributed by atoms with Crippen LogP contribution in [0.4, 0.5) is 0 Å². The first kappa shape index (κ1) is 8.13. The van der Waals surface area contributed by atoms with Gasteiger partial charge in [0.2, 0.25) is 0 Å². The third kappa shape index (κ3) is 1.64. The van der Waals surface area contributed by atoms with Crippen molar-refractivity contribution in [3.8, 4) is 0 Å². The molecule has 1 fully saturated rings. The first-order valence-corrected chi connectivity index (χ1v) is 5.17. The minimum atomic E-state index is 0.0236. The number of hydrogen-bond donors (Lipinski definition) is 1. The minimum Gasteiger partial charge on any atom is -0.325 e. The molecule has 1 aromatic heterocycles. The predicted molar refractivity (Wildman–Crippen MR) is 49.0 cm³/mol. The van der Waals surface area contributed by atoms with Crippen molar-refractivity contribution in [3.05, 3.63) is 11.1 Å². The van der Waals surface area contributed by atoms with Crippen molar-refractivity contribution >= 4 is 11.5 Å². The van der Waals surface area contributed by atoms with Gasteiger partial charge in [0.05, 0.1) is 5.69 Å². The predicted octanol–water partition coefficient (Wildman–Crippen LogP) is 1.35. The smallest absolute Gasteiger partial charge is 0.0773 e. The average Bonchev–Trinajstić information content (AvgIpc) is 2.62. The molecule has 0 unspecified atom stereocenters. The topological polar surface area (TPSA) is 51.8 Å². The summed E-state index contributed by atoms with van der Waals surface area (Å²) >= 11 is 1.40. The quantitative estimate of drug-likeness (QED) is 0.753. The second kappa shape index (κ2) is 3.11. The number of rotatable bonds is 2. The molecule has 0 bridgehead atoms. The molecule has 2 rings (SSSR count). The molecule has 0 aromatic carbocycles. The maximum Gasteiger partial charge on any atom is 0.0773 e. The van der Waals surface area contributed by atoms with Gasteiger partial charge >= 0.3 is 0 Å². The number of hydrogen-bond acceptors (Lipinski definition) is 4. The Morgan fingerprint density at radius 3 is 2.83 bits per heavy atom. The maximum atomic E-state index is 6.19. The van der Waals surface area contributed by atoms with E-state index in [1.165, 1.54) is 24.4 Å². The highest BCUT2D eigenvalue weighted by molar-refractivity contribution is 7.03. The fourth-order valence-corrected chi connectivity index (χ4v) is 2.33. The third-order valence-corrected chi connectivity index (χ3v) is 3.09. The van der Waals surface area contributed by atoms with Crippen LogP contribution < -0.4 is 5.73 Å². The van der Waals surface area contributed by atoms with E-state index in [1.54, 1.807) is 0 Å². The number of nitrogens with two attached hydrogens (primary N) is 1. The second-order valence-electron chi connectivity index (χ2n) is 3.64. The molecular formula is C8H13N3S. The maximum absolute atomic E-state index is 6.19. The zero-order chi connectivity index (χ0) is 8.44. The van der Waals surface area contributed by atoms with E-state index in [1.807, 2.05) is 5.38 Å². The van der Waals surface area contributed by atoms with Crippen LogP contribution in [0.15, 0.2) is 5.38 Å². The van der Waals surface area contributed by atoms with Crippen molar-refractivity contribution in [2.45, 2.75) is 37.6 Å². The lowest BCUT2D eigenvalue weighted by Gasteiger charge is -2.21. The summed E-state index contributed by atoms with van der Waals surface area (Å²) in [6, 6.07) is 0. The Bertz CT molecular complexity index is 239. The molecule has 66 valence electrons. The van der Waals surface area contributed by atoms with E-state index in [0.29, 0.717) is 0 Å². The van der Waals surface area contributed by atoms with E-state index in [9.17, 15) is 0 Å². The largest absolute Gasteiger partial charge is 0.325 e. The van der Waals surface area contributed by atoms with Crippen LogP contribution in [-0.4, -0.2) is 15.1 Å². The van der Waals surface area contributed by atoms with E-state index in [4.69, 9.17) is 5.73 Å². The molecule has 2 N–H and O–H groups in total. The number of aromatic nitrogens is 2. The highest BCUT2D eigenvalue weighted by atomic mass is 32.1. The third-order valence-electron chi connectivity index (χ3n) is 2.54. The fraction of sp³-hybridized carbons (Fsp3) is 0.750. The Balaban J connectivity index is 2.02. The zero-order valence-corrected chi connectivity index (χ0v) is 7.81. The molecule has 1 aromatic rings. The van der Waals surface area contributed by atoms with Gasteiger partial charge in [-0.25, -0.2) is 0 Å². The Morgan fingerprint density at radius 1 is 1.50 bits per heavy atom. The Kier molecular flexibility index (Phi) is 2.11. The van der Waals surface area contributed by atoms with Crippen LogP contribution in [0.2, 0.25) is 0 Å². The molecule has 0 atom stereocenters. The highest BCUT2D eigenvalue weighted by Crippen LogP contribution is 2.29. The van der Waals surface area contributed by atoms with Crippen LogP contribution in [0, 0.1) is 0 Å². The lowest BCUT2D eigenvalue weighted by atomic mass is 9.93. The van der Waals surface area contributed by atoms with E-state index >= 15 is 0 Å². The van der Waals surface area contributed by atoms with Gasteiger partial charge in [-0.15, -0.1) is 5.10 Å². The van der Waals surface area contributed by atoms with Crippen LogP contribution in [-0.2, 0) is 6.42 Å². The van der Waals surface area contributed by atoms with Crippen molar-refractivity contribution in [1.82, 2.24) is 9.59 Å². The van der Waals surface area contributed by atoms with Gasteiger partial charge < -0.3 is 5.73 Å². The molecule has 1 aliphatic carbocycles. The van der Waals surface area contributed by atoms with Crippen molar-refractivity contribution in [3.63, 3.8) is 0 Å². The molecule has 0 spiro atoms. The van der Waals surface area contributed by atoms with E-state index in [2.05, 4.69) is 9.59 Å². The SMILES string of the molecule is NC1(Cc2csnn2)CCCC1. The van der Waals surface area contributed by atoms with Crippen LogP contribution in [0.5, 0.6) is 0 Å². The molecule has 4 heteroatoms. The van der Waals surface area contributed by atoms with Crippen LogP contribution in [0.25, 0.3) is 0 Å². The normalized spacial score (nSPS) is 21.4. The van der Waals surface area contributed by atoms with Crippen LogP contribution >= 0.6 is 11.5 Å². The first-order valence-electron chi connectivity index (χ1n) is 4.33. The van der Waals surface area contributed by atoms with Gasteiger partial charge in [-0.1, -0.05) is 17.3 Å². The van der Waals surface area contributed by atoms with Gasteiger partial charge in [0.25, 0.3) is 0 Å². The van der Waals surface area contributed by atoms with Gasteiger partial charge in [-0.05, 0) is 24.4 Å². The lowest BCUT2D eigenvalue weighted by Crippen LogP contribution is -2.38.